The van der Waals surface area contributed by atoms with Crippen molar-refractivity contribution in [3.8, 4) is 11.3 Å². The van der Waals surface area contributed by atoms with Crippen molar-refractivity contribution in [2.24, 2.45) is 5.92 Å². The molecule has 1 N–H and O–H groups in total. The van der Waals surface area contributed by atoms with Crippen molar-refractivity contribution < 1.29 is 4.74 Å². The van der Waals surface area contributed by atoms with Crippen LogP contribution in [0.3, 0.4) is 0 Å². The predicted molar refractivity (Wildman–Crippen MR) is 115 cm³/mol. The van der Waals surface area contributed by atoms with E-state index < -0.39 is 0 Å². The first kappa shape index (κ1) is 17.8. The number of aromatic nitrogens is 3. The number of fused-ring (bicyclic) bond motifs is 2. The number of methoxy groups -OCH3 is 1. The van der Waals surface area contributed by atoms with Crippen molar-refractivity contribution in [1.82, 2.24) is 15.0 Å². The van der Waals surface area contributed by atoms with Gasteiger partial charge in [0, 0.05) is 55.5 Å². The fourth-order valence-electron chi connectivity index (χ4n) is 4.20. The number of aromatic amines is 1. The highest BCUT2D eigenvalue weighted by Crippen LogP contribution is 2.34. The highest BCUT2D eigenvalue weighted by Gasteiger charge is 2.32. The van der Waals surface area contributed by atoms with Crippen LogP contribution in [0.1, 0.15) is 6.92 Å². The van der Waals surface area contributed by atoms with Crippen molar-refractivity contribution in [2.45, 2.75) is 13.0 Å². The van der Waals surface area contributed by atoms with Gasteiger partial charge in [-0.1, -0.05) is 25.1 Å². The van der Waals surface area contributed by atoms with Crippen LogP contribution in [0.4, 0.5) is 5.82 Å². The third-order valence-electron chi connectivity index (χ3n) is 5.77. The van der Waals surface area contributed by atoms with Crippen LogP contribution in [-0.2, 0) is 4.74 Å². The molecule has 5 rings (SSSR count). The molecular weight excluding hydrogens is 364 g/mol. The third kappa shape index (κ3) is 3.06. The van der Waals surface area contributed by atoms with Gasteiger partial charge in [-0.3, -0.25) is 9.78 Å². The van der Waals surface area contributed by atoms with E-state index in [2.05, 4.69) is 27.9 Å². The molecule has 3 aromatic heterocycles. The molecule has 0 amide bonds. The minimum absolute atomic E-state index is 0.0504. The zero-order valence-electron chi connectivity index (χ0n) is 16.4. The summed E-state index contributed by atoms with van der Waals surface area (Å²) in [5.74, 6) is 1.28. The van der Waals surface area contributed by atoms with Crippen LogP contribution in [-0.4, -0.2) is 41.3 Å². The maximum absolute atomic E-state index is 12.7. The molecule has 0 radical (unpaired) electrons. The van der Waals surface area contributed by atoms with Crippen molar-refractivity contribution in [3.05, 3.63) is 65.1 Å². The lowest BCUT2D eigenvalue weighted by molar-refractivity contribution is 0.0899. The van der Waals surface area contributed by atoms with E-state index >= 15 is 0 Å². The van der Waals surface area contributed by atoms with Gasteiger partial charge in [-0.05, 0) is 18.2 Å². The Morgan fingerprint density at radius 2 is 2.03 bits per heavy atom. The van der Waals surface area contributed by atoms with E-state index in [0.29, 0.717) is 11.3 Å². The number of ether oxygens (including phenoxy) is 1. The molecule has 1 saturated heterocycles. The topological polar surface area (TPSA) is 71.1 Å². The van der Waals surface area contributed by atoms with Gasteiger partial charge in [0.1, 0.15) is 5.82 Å². The molecule has 29 heavy (non-hydrogen) atoms. The summed E-state index contributed by atoms with van der Waals surface area (Å²) in [5, 5.41) is 1.62. The third-order valence-corrected chi connectivity index (χ3v) is 5.77. The number of pyridine rings is 3. The number of benzene rings is 1. The molecule has 0 spiro atoms. The number of nitrogens with one attached hydrogen (secondary N) is 1. The summed E-state index contributed by atoms with van der Waals surface area (Å²) in [6, 6.07) is 13.6. The number of anilines is 1. The van der Waals surface area contributed by atoms with Crippen LogP contribution < -0.4 is 10.3 Å². The van der Waals surface area contributed by atoms with Crippen LogP contribution in [0.2, 0.25) is 0 Å². The minimum Gasteiger partial charge on any atom is -0.379 e. The highest BCUT2D eigenvalue weighted by atomic mass is 16.5. The van der Waals surface area contributed by atoms with Gasteiger partial charge in [0.25, 0.3) is 0 Å². The first-order valence-electron chi connectivity index (χ1n) is 9.79. The van der Waals surface area contributed by atoms with Crippen LogP contribution in [0.25, 0.3) is 33.1 Å². The number of nitrogens with zero attached hydrogens (tertiary/aromatic N) is 3. The van der Waals surface area contributed by atoms with Gasteiger partial charge in [-0.25, -0.2) is 4.98 Å². The zero-order chi connectivity index (χ0) is 20.0. The van der Waals surface area contributed by atoms with Crippen LogP contribution in [0.15, 0.2) is 59.7 Å². The molecule has 2 atom stereocenters. The molecule has 0 aliphatic carbocycles. The van der Waals surface area contributed by atoms with Gasteiger partial charge in [0.05, 0.1) is 28.2 Å². The first-order chi connectivity index (χ1) is 14.1. The van der Waals surface area contributed by atoms with Crippen molar-refractivity contribution in [3.63, 3.8) is 0 Å². The number of hydrogen-bond donors (Lipinski definition) is 1. The number of para-hydroxylation sites is 1. The van der Waals surface area contributed by atoms with E-state index in [9.17, 15) is 4.79 Å². The Bertz CT molecular complexity index is 1270. The predicted octanol–water partition coefficient (Wildman–Crippen LogP) is 3.61. The van der Waals surface area contributed by atoms with Gasteiger partial charge in [0.2, 0.25) is 0 Å². The average Bonchev–Trinajstić information content (AvgIpc) is 3.13. The summed E-state index contributed by atoms with van der Waals surface area (Å²) >= 11 is 0. The smallest absolute Gasteiger partial charge is 0.191 e. The maximum Gasteiger partial charge on any atom is 0.191 e. The molecule has 0 bridgehead atoms. The summed E-state index contributed by atoms with van der Waals surface area (Å²) in [4.78, 5) is 27.4. The van der Waals surface area contributed by atoms with E-state index in [1.807, 2.05) is 30.3 Å². The number of hydrogen-bond acceptors (Lipinski definition) is 5. The molecule has 4 heterocycles. The molecule has 1 aliphatic heterocycles. The van der Waals surface area contributed by atoms with Crippen molar-refractivity contribution in [2.75, 3.05) is 25.1 Å². The lowest BCUT2D eigenvalue weighted by Crippen LogP contribution is -2.24. The molecule has 0 saturated carbocycles. The maximum atomic E-state index is 12.7. The molecule has 1 aromatic carbocycles. The molecule has 0 unspecified atom stereocenters. The normalized spacial score (nSPS) is 19.3. The summed E-state index contributed by atoms with van der Waals surface area (Å²) in [7, 11) is 1.76. The average molecular weight is 386 g/mol. The second kappa shape index (κ2) is 6.97. The van der Waals surface area contributed by atoms with E-state index in [1.54, 1.807) is 25.6 Å². The second-order valence-electron chi connectivity index (χ2n) is 7.68. The van der Waals surface area contributed by atoms with Crippen molar-refractivity contribution >= 4 is 27.6 Å². The van der Waals surface area contributed by atoms with Crippen LogP contribution in [0, 0.1) is 5.92 Å². The first-order valence-corrected chi connectivity index (χ1v) is 9.79. The standard InChI is InChI=1S/C23H22N4O2/c1-14-12-27(13-22(14)29-2)23-16(9-15-5-3-4-6-18(15)26-23)20-10-21(28)17-11-24-8-7-19(17)25-20/h3-11,14,22H,12-13H2,1-2H3,(H,25,28)/t14-,22+/m1/s1. The Morgan fingerprint density at radius 3 is 2.86 bits per heavy atom. The summed E-state index contributed by atoms with van der Waals surface area (Å²) in [6.45, 7) is 3.83. The molecule has 146 valence electrons. The van der Waals surface area contributed by atoms with E-state index in [0.717, 1.165) is 46.6 Å². The quantitative estimate of drug-likeness (QED) is 0.582. The van der Waals surface area contributed by atoms with E-state index in [1.165, 1.54) is 0 Å². The van der Waals surface area contributed by atoms with E-state index in [4.69, 9.17) is 9.72 Å². The van der Waals surface area contributed by atoms with Crippen LogP contribution in [0.5, 0.6) is 0 Å². The molecule has 4 aromatic rings. The number of rotatable bonds is 3. The Balaban J connectivity index is 1.73. The van der Waals surface area contributed by atoms with Crippen LogP contribution >= 0.6 is 0 Å². The Morgan fingerprint density at radius 1 is 1.17 bits per heavy atom. The highest BCUT2D eigenvalue weighted by molar-refractivity contribution is 5.90. The van der Waals surface area contributed by atoms with Gasteiger partial charge in [0.15, 0.2) is 5.43 Å². The van der Waals surface area contributed by atoms with Gasteiger partial charge in [-0.2, -0.15) is 0 Å². The second-order valence-corrected chi connectivity index (χ2v) is 7.68. The minimum atomic E-state index is -0.0504. The van der Waals surface area contributed by atoms with Gasteiger partial charge >= 0.3 is 0 Å². The lowest BCUT2D eigenvalue weighted by Gasteiger charge is -2.21. The number of H-pyrrole nitrogens is 1. The summed E-state index contributed by atoms with van der Waals surface area (Å²) in [6.07, 6.45) is 3.45. The summed E-state index contributed by atoms with van der Waals surface area (Å²) in [5.41, 5.74) is 3.34. The summed E-state index contributed by atoms with van der Waals surface area (Å²) < 4.78 is 5.65. The molecule has 1 aliphatic rings. The molecular formula is C23H22N4O2. The van der Waals surface area contributed by atoms with Gasteiger partial charge < -0.3 is 14.6 Å². The van der Waals surface area contributed by atoms with E-state index in [-0.39, 0.29) is 11.5 Å². The SMILES string of the molecule is CO[C@H]1CN(c2nc3ccccc3cc2-c2cc(=O)c3cnccc3[nH]2)C[C@H]1C. The monoisotopic (exact) mass is 386 g/mol. The zero-order valence-corrected chi connectivity index (χ0v) is 16.4. The van der Waals surface area contributed by atoms with Gasteiger partial charge in [-0.15, -0.1) is 0 Å². The largest absolute Gasteiger partial charge is 0.379 e. The molecule has 1 fully saturated rings. The Hall–Kier alpha value is -3.25. The van der Waals surface area contributed by atoms with Crippen molar-refractivity contribution in [1.29, 1.82) is 0 Å². The Kier molecular flexibility index (Phi) is 4.28. The fourth-order valence-corrected chi connectivity index (χ4v) is 4.20. The lowest BCUT2D eigenvalue weighted by atomic mass is 10.1. The fraction of sp³-hybridized carbons (Fsp3) is 0.261. The molecule has 6 heteroatoms. The molecule has 6 nitrogen and oxygen atoms in total. The Labute approximate surface area is 168 Å².